The lowest BCUT2D eigenvalue weighted by atomic mass is 9.78. The minimum absolute atomic E-state index is 0.0928. The summed E-state index contributed by atoms with van der Waals surface area (Å²) >= 11 is 6.37. The number of alkyl halides is 4. The molecule has 0 unspecified atom stereocenters. The van der Waals surface area contributed by atoms with Crippen LogP contribution >= 0.6 is 11.6 Å². The number of rotatable bonds is 7. The maximum Gasteiger partial charge on any atom is 0.387 e. The number of aryl methyl sites for hydroxylation is 1. The number of esters is 1. The molecule has 0 amide bonds. The van der Waals surface area contributed by atoms with Crippen LogP contribution in [0.4, 0.5) is 17.6 Å². The van der Waals surface area contributed by atoms with E-state index in [4.69, 9.17) is 16.3 Å². The van der Waals surface area contributed by atoms with E-state index in [-0.39, 0.29) is 59.3 Å². The summed E-state index contributed by atoms with van der Waals surface area (Å²) in [4.78, 5) is 12.2. The van der Waals surface area contributed by atoms with Crippen LogP contribution in [-0.2, 0) is 16.9 Å². The van der Waals surface area contributed by atoms with E-state index in [1.807, 2.05) is 0 Å². The van der Waals surface area contributed by atoms with Crippen molar-refractivity contribution in [1.29, 1.82) is 0 Å². The first-order chi connectivity index (χ1) is 15.0. The van der Waals surface area contributed by atoms with Crippen LogP contribution in [0.3, 0.4) is 0 Å². The molecular weight excluding hydrogens is 456 g/mol. The summed E-state index contributed by atoms with van der Waals surface area (Å²) in [7, 11) is 0. The average Bonchev–Trinajstić information content (AvgIpc) is 3.06. The lowest BCUT2D eigenvalue weighted by molar-refractivity contribution is -0.107. The van der Waals surface area contributed by atoms with Crippen LogP contribution in [0.15, 0.2) is 18.2 Å². The summed E-state index contributed by atoms with van der Waals surface area (Å²) < 4.78 is 64.4. The van der Waals surface area contributed by atoms with Crippen LogP contribution in [0.25, 0.3) is 11.3 Å². The summed E-state index contributed by atoms with van der Waals surface area (Å²) in [5, 5.41) is 14.9. The van der Waals surface area contributed by atoms with Crippen molar-refractivity contribution in [3.05, 3.63) is 34.5 Å². The maximum absolute atomic E-state index is 13.6. The Hall–Kier alpha value is -2.33. The number of aromatic nitrogens is 2. The lowest BCUT2D eigenvalue weighted by Gasteiger charge is -2.36. The largest absolute Gasteiger partial charge is 0.461 e. The van der Waals surface area contributed by atoms with Crippen molar-refractivity contribution in [2.24, 2.45) is 0 Å². The van der Waals surface area contributed by atoms with Crippen molar-refractivity contribution in [2.75, 3.05) is 6.61 Å². The topological polar surface area (TPSA) is 73.6 Å². The molecule has 6 nitrogen and oxygen atoms in total. The number of carbonyl (C=O) groups excluding carboxylic acids is 1. The molecule has 2 aromatic rings. The second-order valence-corrected chi connectivity index (χ2v) is 7.90. The molecule has 0 spiro atoms. The molecule has 176 valence electrons. The van der Waals surface area contributed by atoms with Gasteiger partial charge in [0.2, 0.25) is 5.92 Å². The second kappa shape index (κ2) is 9.27. The van der Waals surface area contributed by atoms with Gasteiger partial charge in [0.25, 0.3) is 0 Å². The summed E-state index contributed by atoms with van der Waals surface area (Å²) in [6, 6.07) is 4.03. The number of aliphatic hydroxyl groups is 1. The number of carbonyl (C=O) groups is 1. The SMILES string of the molecule is CCOC(=O)c1nn(CC)c(-c2ccc(C3(O)CCC(F)(F)CC3)cc2OC(F)F)c1Cl. The Balaban J connectivity index is 2.09. The number of hydrogen-bond acceptors (Lipinski definition) is 5. The first-order valence-electron chi connectivity index (χ1n) is 10.1. The zero-order valence-corrected chi connectivity index (χ0v) is 18.3. The fourth-order valence-corrected chi connectivity index (χ4v) is 4.09. The van der Waals surface area contributed by atoms with Gasteiger partial charge in [-0.25, -0.2) is 13.6 Å². The minimum atomic E-state index is -3.20. The van der Waals surface area contributed by atoms with E-state index in [0.29, 0.717) is 0 Å². The predicted molar refractivity (Wildman–Crippen MR) is 108 cm³/mol. The number of hydrogen-bond donors (Lipinski definition) is 1. The van der Waals surface area contributed by atoms with E-state index in [9.17, 15) is 27.5 Å². The lowest BCUT2D eigenvalue weighted by Crippen LogP contribution is -2.36. The Bertz CT molecular complexity index is 986. The molecule has 11 heteroatoms. The molecule has 0 atom stereocenters. The van der Waals surface area contributed by atoms with Gasteiger partial charge in [-0.3, -0.25) is 4.68 Å². The molecule has 1 aromatic carbocycles. The highest BCUT2D eigenvalue weighted by molar-refractivity contribution is 6.36. The molecule has 1 aliphatic rings. The summed E-state index contributed by atoms with van der Waals surface area (Å²) in [6.07, 6.45) is -1.50. The summed E-state index contributed by atoms with van der Waals surface area (Å²) in [5.74, 6) is -3.97. The van der Waals surface area contributed by atoms with E-state index in [1.165, 1.54) is 22.9 Å². The number of ether oxygens (including phenoxy) is 2. The molecule has 1 saturated carbocycles. The van der Waals surface area contributed by atoms with Crippen LogP contribution in [-0.4, -0.2) is 40.0 Å². The van der Waals surface area contributed by atoms with Crippen molar-refractivity contribution in [3.63, 3.8) is 0 Å². The molecule has 32 heavy (non-hydrogen) atoms. The molecular formula is C21H23ClF4N2O4. The first kappa shape index (κ1) is 24.3. The molecule has 1 N–H and O–H groups in total. The second-order valence-electron chi connectivity index (χ2n) is 7.52. The Morgan fingerprint density at radius 1 is 1.25 bits per heavy atom. The van der Waals surface area contributed by atoms with E-state index in [0.717, 1.165) is 0 Å². The quantitative estimate of drug-likeness (QED) is 0.426. The van der Waals surface area contributed by atoms with Gasteiger partial charge in [-0.15, -0.1) is 0 Å². The van der Waals surface area contributed by atoms with Crippen LogP contribution in [0.5, 0.6) is 5.75 Å². The highest BCUT2D eigenvalue weighted by Crippen LogP contribution is 2.46. The standard InChI is InChI=1S/C21H23ClF4N2O4/c1-3-28-17(15(22)16(27-28)18(29)31-4-2)13-6-5-12(11-14(13)32-19(23)24)20(30)7-9-21(25,26)10-8-20/h5-6,11,19,30H,3-4,7-10H2,1-2H3. The van der Waals surface area contributed by atoms with Crippen LogP contribution in [0.2, 0.25) is 5.02 Å². The van der Waals surface area contributed by atoms with E-state index in [2.05, 4.69) is 9.84 Å². The van der Waals surface area contributed by atoms with Gasteiger partial charge >= 0.3 is 12.6 Å². The highest BCUT2D eigenvalue weighted by atomic mass is 35.5. The van der Waals surface area contributed by atoms with Crippen LogP contribution < -0.4 is 4.74 Å². The molecule has 0 aliphatic heterocycles. The number of benzene rings is 1. The van der Waals surface area contributed by atoms with Crippen molar-refractivity contribution >= 4 is 17.6 Å². The molecule has 0 bridgehead atoms. The van der Waals surface area contributed by atoms with Gasteiger partial charge in [0.05, 0.1) is 17.9 Å². The number of halogens is 5. The first-order valence-corrected chi connectivity index (χ1v) is 10.5. The third-order valence-corrected chi connectivity index (χ3v) is 5.82. The summed E-state index contributed by atoms with van der Waals surface area (Å²) in [5.41, 5.74) is -1.34. The fraction of sp³-hybridized carbons (Fsp3) is 0.524. The fourth-order valence-electron chi connectivity index (χ4n) is 3.77. The van der Waals surface area contributed by atoms with Gasteiger partial charge in [-0.05, 0) is 44.4 Å². The van der Waals surface area contributed by atoms with Crippen molar-refractivity contribution < 1.29 is 36.9 Å². The molecule has 3 rings (SSSR count). The Kier molecular flexibility index (Phi) is 7.04. The van der Waals surface area contributed by atoms with Crippen LogP contribution in [0.1, 0.15) is 55.6 Å². The van der Waals surface area contributed by atoms with Gasteiger partial charge in [0.15, 0.2) is 5.69 Å². The van der Waals surface area contributed by atoms with E-state index >= 15 is 0 Å². The van der Waals surface area contributed by atoms with Gasteiger partial charge in [-0.2, -0.15) is 13.9 Å². The predicted octanol–water partition coefficient (Wildman–Crippen LogP) is 5.40. The van der Waals surface area contributed by atoms with E-state index in [1.54, 1.807) is 13.8 Å². The Morgan fingerprint density at radius 2 is 1.91 bits per heavy atom. The maximum atomic E-state index is 13.6. The third-order valence-electron chi connectivity index (χ3n) is 5.46. The summed E-state index contributed by atoms with van der Waals surface area (Å²) in [6.45, 7) is 0.478. The monoisotopic (exact) mass is 478 g/mol. The zero-order valence-electron chi connectivity index (χ0n) is 17.5. The van der Waals surface area contributed by atoms with Crippen LogP contribution in [0, 0.1) is 0 Å². The smallest absolute Gasteiger partial charge is 0.387 e. The Labute approximate surface area is 187 Å². The number of nitrogens with zero attached hydrogens (tertiary/aromatic N) is 2. The molecule has 1 aromatic heterocycles. The minimum Gasteiger partial charge on any atom is -0.461 e. The third kappa shape index (κ3) is 4.85. The van der Waals surface area contributed by atoms with Gasteiger partial charge in [-0.1, -0.05) is 17.7 Å². The molecule has 1 fully saturated rings. The molecule has 0 saturated heterocycles. The van der Waals surface area contributed by atoms with Crippen molar-refractivity contribution in [3.8, 4) is 17.0 Å². The van der Waals surface area contributed by atoms with E-state index < -0.39 is 36.9 Å². The zero-order chi connectivity index (χ0) is 23.7. The normalized spacial score (nSPS) is 17.4. The highest BCUT2D eigenvalue weighted by Gasteiger charge is 2.43. The Morgan fingerprint density at radius 3 is 2.47 bits per heavy atom. The van der Waals surface area contributed by atoms with Crippen molar-refractivity contribution in [2.45, 2.75) is 64.2 Å². The van der Waals surface area contributed by atoms with Gasteiger partial charge in [0, 0.05) is 24.9 Å². The van der Waals surface area contributed by atoms with Gasteiger partial charge < -0.3 is 14.6 Å². The molecule has 0 radical (unpaired) electrons. The van der Waals surface area contributed by atoms with Gasteiger partial charge in [0.1, 0.15) is 10.8 Å². The van der Waals surface area contributed by atoms with Crippen molar-refractivity contribution in [1.82, 2.24) is 9.78 Å². The molecule has 1 aliphatic carbocycles. The average molecular weight is 479 g/mol. The molecule has 1 heterocycles.